The van der Waals surface area contributed by atoms with Crippen molar-refractivity contribution in [3.8, 4) is 5.75 Å². The van der Waals surface area contributed by atoms with Crippen molar-refractivity contribution >= 4 is 45.3 Å². The van der Waals surface area contributed by atoms with Crippen molar-refractivity contribution in [1.82, 2.24) is 10.3 Å². The molecule has 108 valence electrons. The maximum atomic E-state index is 11.8. The quantitative estimate of drug-likeness (QED) is 0.943. The molecule has 0 aliphatic carbocycles. The highest BCUT2D eigenvalue weighted by Gasteiger charge is 2.12. The summed E-state index contributed by atoms with van der Waals surface area (Å²) in [4.78, 5) is 20.2. The average molecular weight is 322 g/mol. The van der Waals surface area contributed by atoms with Crippen molar-refractivity contribution in [3.63, 3.8) is 0 Å². The van der Waals surface area contributed by atoms with Gasteiger partial charge in [-0.1, -0.05) is 23.4 Å². The third-order valence-corrected chi connectivity index (χ3v) is 4.09. The fraction of sp³-hybridized carbons (Fsp3) is 0.214. The zero-order valence-corrected chi connectivity index (χ0v) is 12.6. The van der Waals surface area contributed by atoms with Crippen LogP contribution in [-0.4, -0.2) is 35.0 Å². The summed E-state index contributed by atoms with van der Waals surface area (Å²) in [5.41, 5.74) is 0.644. The van der Waals surface area contributed by atoms with E-state index in [9.17, 15) is 4.79 Å². The highest BCUT2D eigenvalue weighted by molar-refractivity contribution is 8.14. The van der Waals surface area contributed by atoms with Gasteiger partial charge in [0.1, 0.15) is 11.3 Å². The van der Waals surface area contributed by atoms with Gasteiger partial charge in [-0.2, -0.15) is 0 Å². The third-order valence-electron chi connectivity index (χ3n) is 2.87. The van der Waals surface area contributed by atoms with Crippen LogP contribution >= 0.6 is 23.4 Å². The van der Waals surface area contributed by atoms with E-state index in [1.165, 1.54) is 11.8 Å². The number of thioether (sulfide) groups is 1. The van der Waals surface area contributed by atoms with Crippen LogP contribution in [-0.2, 0) is 4.79 Å². The maximum Gasteiger partial charge on any atom is 0.263 e. The molecule has 2 aromatic rings. The molecule has 0 unspecified atom stereocenters. The van der Waals surface area contributed by atoms with Crippen molar-refractivity contribution in [2.45, 2.75) is 0 Å². The lowest BCUT2D eigenvalue weighted by molar-refractivity contribution is -0.121. The number of amides is 1. The van der Waals surface area contributed by atoms with E-state index in [2.05, 4.69) is 15.3 Å². The van der Waals surface area contributed by atoms with E-state index in [4.69, 9.17) is 16.3 Å². The fourth-order valence-corrected chi connectivity index (χ4v) is 2.90. The summed E-state index contributed by atoms with van der Waals surface area (Å²) in [6, 6.07) is 7.12. The van der Waals surface area contributed by atoms with Crippen LogP contribution in [0.15, 0.2) is 35.5 Å². The van der Waals surface area contributed by atoms with Crippen molar-refractivity contribution < 1.29 is 9.53 Å². The molecule has 1 aromatic heterocycles. The molecule has 0 saturated carbocycles. The number of carbonyl (C=O) groups is 1. The SMILES string of the molecule is O=C(COc1ccc(Cl)c2cccnc12)NC1=NCCS1. The van der Waals surface area contributed by atoms with E-state index in [-0.39, 0.29) is 12.5 Å². The number of halogens is 1. The zero-order valence-electron chi connectivity index (χ0n) is 11.0. The van der Waals surface area contributed by atoms with Gasteiger partial charge in [0, 0.05) is 17.3 Å². The van der Waals surface area contributed by atoms with Crippen molar-refractivity contribution in [2.24, 2.45) is 4.99 Å². The molecule has 21 heavy (non-hydrogen) atoms. The summed E-state index contributed by atoms with van der Waals surface area (Å²) in [5.74, 6) is 1.20. The number of carbonyl (C=O) groups excluding carboxylic acids is 1. The fourth-order valence-electron chi connectivity index (χ4n) is 1.94. The number of nitrogens with zero attached hydrogens (tertiary/aromatic N) is 2. The second-order valence-corrected chi connectivity index (χ2v) is 5.81. The second kappa shape index (κ2) is 6.32. The van der Waals surface area contributed by atoms with Gasteiger partial charge in [0.05, 0.1) is 11.6 Å². The van der Waals surface area contributed by atoms with Crippen LogP contribution in [0.5, 0.6) is 5.75 Å². The van der Waals surface area contributed by atoms with Crippen LogP contribution in [0.2, 0.25) is 5.02 Å². The Hall–Kier alpha value is -1.79. The Labute approximate surface area is 130 Å². The topological polar surface area (TPSA) is 63.6 Å². The maximum absolute atomic E-state index is 11.8. The molecule has 0 radical (unpaired) electrons. The van der Waals surface area contributed by atoms with Crippen LogP contribution < -0.4 is 10.1 Å². The Morgan fingerprint density at radius 3 is 3.14 bits per heavy atom. The molecule has 0 saturated heterocycles. The third kappa shape index (κ3) is 3.28. The lowest BCUT2D eigenvalue weighted by atomic mass is 10.2. The number of hydrogen-bond acceptors (Lipinski definition) is 5. The Bertz CT molecular complexity index is 720. The molecule has 5 nitrogen and oxygen atoms in total. The first kappa shape index (κ1) is 14.2. The minimum absolute atomic E-state index is 0.0904. The summed E-state index contributed by atoms with van der Waals surface area (Å²) in [6.45, 7) is 0.653. The molecule has 0 spiro atoms. The smallest absolute Gasteiger partial charge is 0.263 e. The Morgan fingerprint density at radius 2 is 2.33 bits per heavy atom. The van der Waals surface area contributed by atoms with Crippen LogP contribution in [0.25, 0.3) is 10.9 Å². The molecule has 0 fully saturated rings. The second-order valence-electron chi connectivity index (χ2n) is 4.32. The average Bonchev–Trinajstić information content (AvgIpc) is 3.00. The molecule has 1 aromatic carbocycles. The Morgan fingerprint density at radius 1 is 1.43 bits per heavy atom. The molecule has 1 amide bonds. The summed E-state index contributed by atoms with van der Waals surface area (Å²) < 4.78 is 5.55. The number of hydrogen-bond donors (Lipinski definition) is 1. The number of rotatable bonds is 3. The summed E-state index contributed by atoms with van der Waals surface area (Å²) in [6.07, 6.45) is 1.66. The normalized spacial score (nSPS) is 14.0. The van der Waals surface area contributed by atoms with Gasteiger partial charge in [-0.05, 0) is 24.3 Å². The van der Waals surface area contributed by atoms with E-state index in [1.54, 1.807) is 24.4 Å². The van der Waals surface area contributed by atoms with E-state index in [0.29, 0.717) is 21.5 Å². The number of amidine groups is 1. The minimum atomic E-state index is -0.234. The predicted octanol–water partition coefficient (Wildman–Crippen LogP) is 2.49. The van der Waals surface area contributed by atoms with Gasteiger partial charge in [0.2, 0.25) is 0 Å². The standard InChI is InChI=1S/C14H12ClN3O2S/c15-10-3-4-11(13-9(10)2-1-5-16-13)20-8-12(19)18-14-17-6-7-21-14/h1-5H,6-8H2,(H,17,18,19). The van der Waals surface area contributed by atoms with Gasteiger partial charge in [-0.15, -0.1) is 0 Å². The van der Waals surface area contributed by atoms with Crippen LogP contribution in [0.1, 0.15) is 0 Å². The lowest BCUT2D eigenvalue weighted by Gasteiger charge is -2.09. The minimum Gasteiger partial charge on any atom is -0.481 e. The highest BCUT2D eigenvalue weighted by atomic mass is 35.5. The number of fused-ring (bicyclic) bond motifs is 1. The van der Waals surface area contributed by atoms with Gasteiger partial charge in [0.25, 0.3) is 5.91 Å². The molecule has 1 aliphatic heterocycles. The number of aromatic nitrogens is 1. The number of aliphatic imine (C=N–C) groups is 1. The summed E-state index contributed by atoms with van der Waals surface area (Å²) >= 11 is 7.64. The first-order valence-corrected chi connectivity index (χ1v) is 7.73. The van der Waals surface area contributed by atoms with Crippen molar-refractivity contribution in [3.05, 3.63) is 35.5 Å². The van der Waals surface area contributed by atoms with E-state index < -0.39 is 0 Å². The molecule has 2 heterocycles. The molecule has 1 N–H and O–H groups in total. The molecule has 0 atom stereocenters. The van der Waals surface area contributed by atoms with Crippen molar-refractivity contribution in [2.75, 3.05) is 18.9 Å². The monoisotopic (exact) mass is 321 g/mol. The predicted molar refractivity (Wildman–Crippen MR) is 85.2 cm³/mol. The van der Waals surface area contributed by atoms with E-state index in [1.807, 2.05) is 6.07 Å². The summed E-state index contributed by atoms with van der Waals surface area (Å²) in [5, 5.41) is 4.77. The van der Waals surface area contributed by atoms with Crippen LogP contribution in [0.3, 0.4) is 0 Å². The molecular weight excluding hydrogens is 310 g/mol. The van der Waals surface area contributed by atoms with Gasteiger partial charge in [-0.3, -0.25) is 14.8 Å². The zero-order chi connectivity index (χ0) is 14.7. The van der Waals surface area contributed by atoms with Crippen LogP contribution in [0.4, 0.5) is 0 Å². The highest BCUT2D eigenvalue weighted by Crippen LogP contribution is 2.29. The van der Waals surface area contributed by atoms with Gasteiger partial charge in [-0.25, -0.2) is 0 Å². The molecule has 1 aliphatic rings. The van der Waals surface area contributed by atoms with E-state index >= 15 is 0 Å². The number of nitrogens with one attached hydrogen (secondary N) is 1. The number of pyridine rings is 1. The Balaban J connectivity index is 1.70. The van der Waals surface area contributed by atoms with E-state index in [0.717, 1.165) is 17.7 Å². The van der Waals surface area contributed by atoms with Gasteiger partial charge in [0.15, 0.2) is 11.8 Å². The van der Waals surface area contributed by atoms with Gasteiger partial charge >= 0.3 is 0 Å². The number of benzene rings is 1. The van der Waals surface area contributed by atoms with Crippen molar-refractivity contribution in [1.29, 1.82) is 0 Å². The molecule has 0 bridgehead atoms. The Kier molecular flexibility index (Phi) is 4.26. The van der Waals surface area contributed by atoms with Gasteiger partial charge < -0.3 is 10.1 Å². The largest absolute Gasteiger partial charge is 0.481 e. The molecule has 7 heteroatoms. The lowest BCUT2D eigenvalue weighted by Crippen LogP contribution is -2.32. The first-order chi connectivity index (χ1) is 10.2. The molecule has 3 rings (SSSR count). The molecular formula is C14H12ClN3O2S. The number of ether oxygens (including phenoxy) is 1. The summed E-state index contributed by atoms with van der Waals surface area (Å²) in [7, 11) is 0. The first-order valence-electron chi connectivity index (χ1n) is 6.37. The van der Waals surface area contributed by atoms with Crippen LogP contribution in [0, 0.1) is 0 Å².